The largest absolute Gasteiger partial charge is 0.349 e. The smallest absolute Gasteiger partial charge is 0.253 e. The molecule has 1 atom stereocenters. The van der Waals surface area contributed by atoms with Crippen molar-refractivity contribution in [1.82, 2.24) is 10.3 Å². The monoisotopic (exact) mass is 238 g/mol. The summed E-state index contributed by atoms with van der Waals surface area (Å²) < 4.78 is 0. The summed E-state index contributed by atoms with van der Waals surface area (Å²) >= 11 is 1.79. The van der Waals surface area contributed by atoms with Crippen LogP contribution in [0.2, 0.25) is 0 Å². The lowest BCUT2D eigenvalue weighted by Crippen LogP contribution is -2.33. The number of carbonyl (C=O) groups excluding carboxylic acids is 1. The number of rotatable bonds is 5. The SMILES string of the molecule is CSCC[C@H](C)NC(=O)c1cccnc1C. The fraction of sp³-hybridized carbons (Fsp3) is 0.500. The maximum Gasteiger partial charge on any atom is 0.253 e. The van der Waals surface area contributed by atoms with Gasteiger partial charge in [-0.1, -0.05) is 0 Å². The first-order chi connectivity index (χ1) is 7.65. The molecule has 88 valence electrons. The number of pyridine rings is 1. The van der Waals surface area contributed by atoms with Crippen molar-refractivity contribution >= 4 is 17.7 Å². The van der Waals surface area contributed by atoms with Gasteiger partial charge in [0.15, 0.2) is 0 Å². The quantitative estimate of drug-likeness (QED) is 0.855. The highest BCUT2D eigenvalue weighted by atomic mass is 32.2. The minimum Gasteiger partial charge on any atom is -0.349 e. The highest BCUT2D eigenvalue weighted by molar-refractivity contribution is 7.98. The molecule has 0 aromatic carbocycles. The average Bonchev–Trinajstić information content (AvgIpc) is 2.26. The van der Waals surface area contributed by atoms with E-state index in [-0.39, 0.29) is 11.9 Å². The van der Waals surface area contributed by atoms with Gasteiger partial charge in [-0.05, 0) is 44.4 Å². The van der Waals surface area contributed by atoms with Crippen molar-refractivity contribution in [3.8, 4) is 0 Å². The molecule has 0 aliphatic carbocycles. The molecule has 0 spiro atoms. The number of aryl methyl sites for hydroxylation is 1. The Kier molecular flexibility index (Phi) is 5.32. The Balaban J connectivity index is 2.56. The summed E-state index contributed by atoms with van der Waals surface area (Å²) in [7, 11) is 0. The second-order valence-corrected chi connectivity index (χ2v) is 4.78. The highest BCUT2D eigenvalue weighted by Gasteiger charge is 2.11. The Morgan fingerprint density at radius 1 is 1.62 bits per heavy atom. The summed E-state index contributed by atoms with van der Waals surface area (Å²) in [6.45, 7) is 3.88. The molecular weight excluding hydrogens is 220 g/mol. The van der Waals surface area contributed by atoms with Gasteiger partial charge in [0.25, 0.3) is 5.91 Å². The van der Waals surface area contributed by atoms with Gasteiger partial charge in [-0.25, -0.2) is 0 Å². The van der Waals surface area contributed by atoms with E-state index in [0.29, 0.717) is 5.56 Å². The molecule has 3 nitrogen and oxygen atoms in total. The molecule has 0 aliphatic rings. The van der Waals surface area contributed by atoms with Crippen LogP contribution in [0.25, 0.3) is 0 Å². The Bertz CT molecular complexity index is 355. The van der Waals surface area contributed by atoms with Crippen LogP contribution in [0.15, 0.2) is 18.3 Å². The molecule has 0 aliphatic heterocycles. The standard InChI is InChI=1S/C12H18N2OS/c1-9(6-8-16-3)14-12(15)11-5-4-7-13-10(11)2/h4-5,7,9H,6,8H2,1-3H3,(H,14,15)/t9-/m0/s1. The Hall–Kier alpha value is -1.03. The zero-order valence-corrected chi connectivity index (χ0v) is 10.8. The van der Waals surface area contributed by atoms with Gasteiger partial charge in [0.2, 0.25) is 0 Å². The van der Waals surface area contributed by atoms with E-state index in [1.807, 2.05) is 13.8 Å². The van der Waals surface area contributed by atoms with Gasteiger partial charge < -0.3 is 5.32 Å². The van der Waals surface area contributed by atoms with Crippen LogP contribution in [0.5, 0.6) is 0 Å². The predicted octanol–water partition coefficient (Wildman–Crippen LogP) is 2.26. The molecule has 1 heterocycles. The first-order valence-electron chi connectivity index (χ1n) is 5.36. The Morgan fingerprint density at radius 3 is 3.00 bits per heavy atom. The predicted molar refractivity (Wildman–Crippen MR) is 68.9 cm³/mol. The zero-order valence-electron chi connectivity index (χ0n) is 9.99. The first kappa shape index (κ1) is 13.0. The van der Waals surface area contributed by atoms with Crippen LogP contribution in [0.1, 0.15) is 29.4 Å². The third-order valence-corrected chi connectivity index (χ3v) is 3.03. The molecule has 0 bridgehead atoms. The molecule has 0 radical (unpaired) electrons. The topological polar surface area (TPSA) is 42.0 Å². The van der Waals surface area contributed by atoms with Gasteiger partial charge in [-0.2, -0.15) is 11.8 Å². The third kappa shape index (κ3) is 3.85. The maximum absolute atomic E-state index is 11.9. The van der Waals surface area contributed by atoms with E-state index in [9.17, 15) is 4.79 Å². The van der Waals surface area contributed by atoms with Crippen LogP contribution in [0.3, 0.4) is 0 Å². The number of amides is 1. The van der Waals surface area contributed by atoms with Gasteiger partial charge in [-0.15, -0.1) is 0 Å². The molecule has 0 saturated heterocycles. The van der Waals surface area contributed by atoms with Gasteiger partial charge in [0, 0.05) is 17.9 Å². The van der Waals surface area contributed by atoms with E-state index in [1.165, 1.54) is 0 Å². The fourth-order valence-corrected chi connectivity index (χ4v) is 1.98. The summed E-state index contributed by atoms with van der Waals surface area (Å²) in [6.07, 6.45) is 4.76. The average molecular weight is 238 g/mol. The highest BCUT2D eigenvalue weighted by Crippen LogP contribution is 2.05. The fourth-order valence-electron chi connectivity index (χ4n) is 1.39. The second-order valence-electron chi connectivity index (χ2n) is 3.79. The minimum atomic E-state index is -0.0285. The number of hydrogen-bond donors (Lipinski definition) is 1. The van der Waals surface area contributed by atoms with E-state index >= 15 is 0 Å². The molecule has 1 amide bonds. The summed E-state index contributed by atoms with van der Waals surface area (Å²) in [5.41, 5.74) is 1.44. The van der Waals surface area contributed by atoms with Crippen molar-refractivity contribution in [2.45, 2.75) is 26.3 Å². The normalized spacial score (nSPS) is 12.2. The lowest BCUT2D eigenvalue weighted by Gasteiger charge is -2.13. The molecule has 1 aromatic rings. The van der Waals surface area contributed by atoms with Gasteiger partial charge in [0.1, 0.15) is 0 Å². The van der Waals surface area contributed by atoms with Crippen molar-refractivity contribution < 1.29 is 4.79 Å². The van der Waals surface area contributed by atoms with E-state index < -0.39 is 0 Å². The van der Waals surface area contributed by atoms with Gasteiger partial charge in [-0.3, -0.25) is 9.78 Å². The molecule has 0 fully saturated rings. The van der Waals surface area contributed by atoms with Gasteiger partial charge in [0.05, 0.1) is 5.56 Å². The Morgan fingerprint density at radius 2 is 2.38 bits per heavy atom. The van der Waals surface area contributed by atoms with Crippen molar-refractivity contribution in [2.75, 3.05) is 12.0 Å². The molecular formula is C12H18N2OS. The number of nitrogens with zero attached hydrogens (tertiary/aromatic N) is 1. The molecule has 1 rings (SSSR count). The van der Waals surface area contributed by atoms with Crippen LogP contribution < -0.4 is 5.32 Å². The molecule has 1 aromatic heterocycles. The summed E-state index contributed by atoms with van der Waals surface area (Å²) in [4.78, 5) is 16.0. The summed E-state index contributed by atoms with van der Waals surface area (Å²) in [6, 6.07) is 3.80. The van der Waals surface area contributed by atoms with Crippen LogP contribution in [-0.2, 0) is 0 Å². The van der Waals surface area contributed by atoms with Crippen molar-refractivity contribution in [3.63, 3.8) is 0 Å². The molecule has 1 N–H and O–H groups in total. The number of nitrogens with one attached hydrogen (secondary N) is 1. The van der Waals surface area contributed by atoms with Crippen molar-refractivity contribution in [3.05, 3.63) is 29.6 Å². The molecule has 4 heteroatoms. The Labute approximate surface area is 101 Å². The first-order valence-corrected chi connectivity index (χ1v) is 6.76. The van der Waals surface area contributed by atoms with E-state index in [0.717, 1.165) is 17.9 Å². The van der Waals surface area contributed by atoms with Crippen LogP contribution >= 0.6 is 11.8 Å². The van der Waals surface area contributed by atoms with Crippen molar-refractivity contribution in [2.24, 2.45) is 0 Å². The van der Waals surface area contributed by atoms with E-state index in [4.69, 9.17) is 0 Å². The zero-order chi connectivity index (χ0) is 12.0. The number of hydrogen-bond acceptors (Lipinski definition) is 3. The number of thioether (sulfide) groups is 1. The van der Waals surface area contributed by atoms with E-state index in [1.54, 1.807) is 30.1 Å². The third-order valence-electron chi connectivity index (χ3n) is 2.38. The van der Waals surface area contributed by atoms with Crippen LogP contribution in [-0.4, -0.2) is 28.9 Å². The number of carbonyl (C=O) groups is 1. The molecule has 0 saturated carbocycles. The molecule has 0 unspecified atom stereocenters. The van der Waals surface area contributed by atoms with E-state index in [2.05, 4.69) is 16.6 Å². The van der Waals surface area contributed by atoms with Crippen LogP contribution in [0.4, 0.5) is 0 Å². The van der Waals surface area contributed by atoms with Crippen molar-refractivity contribution in [1.29, 1.82) is 0 Å². The van der Waals surface area contributed by atoms with Gasteiger partial charge >= 0.3 is 0 Å². The number of aromatic nitrogens is 1. The molecule has 16 heavy (non-hydrogen) atoms. The van der Waals surface area contributed by atoms with Crippen LogP contribution in [0, 0.1) is 6.92 Å². The minimum absolute atomic E-state index is 0.0285. The second kappa shape index (κ2) is 6.53. The summed E-state index contributed by atoms with van der Waals surface area (Å²) in [5, 5.41) is 2.98. The lowest BCUT2D eigenvalue weighted by atomic mass is 10.1. The summed E-state index contributed by atoms with van der Waals surface area (Å²) in [5.74, 6) is 1.03. The lowest BCUT2D eigenvalue weighted by molar-refractivity contribution is 0.0938. The maximum atomic E-state index is 11.9.